The zero-order valence-electron chi connectivity index (χ0n) is 10.8. The van der Waals surface area contributed by atoms with E-state index in [4.69, 9.17) is 16.3 Å². The third-order valence-corrected chi connectivity index (χ3v) is 4.73. The van der Waals surface area contributed by atoms with Crippen LogP contribution in [0.2, 0.25) is 5.02 Å². The average Bonchev–Trinajstić information content (AvgIpc) is 2.42. The first kappa shape index (κ1) is 14.8. The minimum absolute atomic E-state index is 0.0589. The highest BCUT2D eigenvalue weighted by atomic mass is 79.9. The van der Waals surface area contributed by atoms with Crippen LogP contribution < -0.4 is 5.32 Å². The summed E-state index contributed by atoms with van der Waals surface area (Å²) in [7, 11) is 0. The molecular weight excluding hydrogens is 330 g/mol. The summed E-state index contributed by atoms with van der Waals surface area (Å²) >= 11 is 9.25. The number of amides is 1. The molecule has 1 unspecified atom stereocenters. The molecule has 0 aliphatic carbocycles. The van der Waals surface area contributed by atoms with E-state index >= 15 is 0 Å². The van der Waals surface area contributed by atoms with E-state index in [9.17, 15) is 4.79 Å². The molecule has 5 heteroatoms. The molecule has 0 aromatic heterocycles. The lowest BCUT2D eigenvalue weighted by molar-refractivity contribution is 0.0538. The van der Waals surface area contributed by atoms with Gasteiger partial charge in [-0.3, -0.25) is 4.79 Å². The van der Waals surface area contributed by atoms with Crippen molar-refractivity contribution < 1.29 is 9.53 Å². The summed E-state index contributed by atoms with van der Waals surface area (Å²) < 4.78 is 6.07. The molecule has 3 nitrogen and oxygen atoms in total. The van der Waals surface area contributed by atoms with Gasteiger partial charge in [-0.15, -0.1) is 0 Å². The lowest BCUT2D eigenvalue weighted by atomic mass is 9.93. The quantitative estimate of drug-likeness (QED) is 0.907. The lowest BCUT2D eigenvalue weighted by Crippen LogP contribution is -2.40. The van der Waals surface area contributed by atoms with E-state index in [1.807, 2.05) is 0 Å². The number of halogens is 2. The molecule has 1 aliphatic rings. The molecule has 1 heterocycles. The van der Waals surface area contributed by atoms with Gasteiger partial charge >= 0.3 is 0 Å². The Hall–Kier alpha value is -0.580. The van der Waals surface area contributed by atoms with E-state index < -0.39 is 0 Å². The summed E-state index contributed by atoms with van der Waals surface area (Å²) in [6.45, 7) is 3.63. The maximum Gasteiger partial charge on any atom is 0.251 e. The van der Waals surface area contributed by atoms with Gasteiger partial charge in [0, 0.05) is 29.3 Å². The molecule has 104 valence electrons. The molecule has 19 heavy (non-hydrogen) atoms. The van der Waals surface area contributed by atoms with E-state index in [0.717, 1.165) is 30.5 Å². The number of carbonyl (C=O) groups excluding carboxylic acids is 1. The van der Waals surface area contributed by atoms with Crippen molar-refractivity contribution >= 4 is 33.4 Å². The van der Waals surface area contributed by atoms with Crippen molar-refractivity contribution in [2.75, 3.05) is 13.2 Å². The fourth-order valence-electron chi connectivity index (χ4n) is 2.26. The van der Waals surface area contributed by atoms with E-state index in [2.05, 4.69) is 28.2 Å². The zero-order valence-corrected chi connectivity index (χ0v) is 13.1. The average molecular weight is 347 g/mol. The molecule has 1 aliphatic heterocycles. The van der Waals surface area contributed by atoms with Crippen molar-refractivity contribution in [2.24, 2.45) is 5.92 Å². The van der Waals surface area contributed by atoms with Gasteiger partial charge in [0.2, 0.25) is 0 Å². The van der Waals surface area contributed by atoms with E-state index in [1.165, 1.54) is 0 Å². The number of nitrogens with one attached hydrogen (secondary N) is 1. The largest absolute Gasteiger partial charge is 0.381 e. The van der Waals surface area contributed by atoms with Gasteiger partial charge in [0.15, 0.2) is 0 Å². The molecule has 1 fully saturated rings. The number of carbonyl (C=O) groups is 1. The monoisotopic (exact) mass is 345 g/mol. The summed E-state index contributed by atoms with van der Waals surface area (Å²) in [5.41, 5.74) is 0.621. The first-order valence-electron chi connectivity index (χ1n) is 6.41. The highest BCUT2D eigenvalue weighted by Crippen LogP contribution is 2.24. The minimum Gasteiger partial charge on any atom is -0.381 e. The molecule has 1 N–H and O–H groups in total. The van der Waals surface area contributed by atoms with Crippen LogP contribution in [0.4, 0.5) is 0 Å². The van der Waals surface area contributed by atoms with E-state index in [-0.39, 0.29) is 11.9 Å². The molecular formula is C14H17BrClNO2. The molecule has 0 spiro atoms. The fraction of sp³-hybridized carbons (Fsp3) is 0.500. The highest BCUT2D eigenvalue weighted by Gasteiger charge is 2.22. The maximum absolute atomic E-state index is 12.2. The SMILES string of the molecule is CC(NC(=O)c1ccc(Cl)c(Br)c1)C1CCOCC1. The Bertz CT molecular complexity index is 461. The zero-order chi connectivity index (χ0) is 13.8. The molecule has 1 atom stereocenters. The highest BCUT2D eigenvalue weighted by molar-refractivity contribution is 9.10. The summed E-state index contributed by atoms with van der Waals surface area (Å²) in [4.78, 5) is 12.2. The van der Waals surface area contributed by atoms with Crippen molar-refractivity contribution in [1.82, 2.24) is 5.32 Å². The number of hydrogen-bond donors (Lipinski definition) is 1. The number of benzene rings is 1. The Balaban J connectivity index is 1.97. The van der Waals surface area contributed by atoms with Gasteiger partial charge in [-0.1, -0.05) is 11.6 Å². The van der Waals surface area contributed by atoms with Gasteiger partial charge in [0.1, 0.15) is 0 Å². The van der Waals surface area contributed by atoms with Gasteiger partial charge in [-0.25, -0.2) is 0 Å². The third kappa shape index (κ3) is 3.94. The minimum atomic E-state index is -0.0589. The van der Waals surface area contributed by atoms with Crippen LogP contribution >= 0.6 is 27.5 Å². The smallest absolute Gasteiger partial charge is 0.251 e. The molecule has 0 saturated carbocycles. The van der Waals surface area contributed by atoms with Crippen LogP contribution in [0.25, 0.3) is 0 Å². The molecule has 1 aromatic rings. The van der Waals surface area contributed by atoms with E-state index in [1.54, 1.807) is 18.2 Å². The second-order valence-corrected chi connectivity index (χ2v) is 6.10. The maximum atomic E-state index is 12.2. The van der Waals surface area contributed by atoms with Crippen LogP contribution in [0, 0.1) is 5.92 Å². The Labute approximate surface area is 126 Å². The van der Waals surface area contributed by atoms with Crippen LogP contribution in [0.15, 0.2) is 22.7 Å². The summed E-state index contributed by atoms with van der Waals surface area (Å²) in [6.07, 6.45) is 2.01. The summed E-state index contributed by atoms with van der Waals surface area (Å²) in [6, 6.07) is 5.36. The lowest BCUT2D eigenvalue weighted by Gasteiger charge is -2.28. The van der Waals surface area contributed by atoms with Crippen LogP contribution in [-0.4, -0.2) is 25.2 Å². The van der Waals surface area contributed by atoms with Gasteiger partial charge in [0.25, 0.3) is 5.91 Å². The topological polar surface area (TPSA) is 38.3 Å². The van der Waals surface area contributed by atoms with Gasteiger partial charge in [0.05, 0.1) is 5.02 Å². The van der Waals surface area contributed by atoms with Crippen molar-refractivity contribution in [3.8, 4) is 0 Å². The van der Waals surface area contributed by atoms with Gasteiger partial charge < -0.3 is 10.1 Å². The van der Waals surface area contributed by atoms with Crippen molar-refractivity contribution in [1.29, 1.82) is 0 Å². The molecule has 1 saturated heterocycles. The second-order valence-electron chi connectivity index (χ2n) is 4.84. The first-order chi connectivity index (χ1) is 9.08. The molecule has 1 aromatic carbocycles. The third-order valence-electron chi connectivity index (χ3n) is 3.51. The predicted octanol–water partition coefficient (Wildman–Crippen LogP) is 3.65. The molecule has 0 radical (unpaired) electrons. The number of hydrogen-bond acceptors (Lipinski definition) is 2. The Morgan fingerprint density at radius 2 is 2.16 bits per heavy atom. The normalized spacial score (nSPS) is 18.1. The second kappa shape index (κ2) is 6.73. The molecule has 1 amide bonds. The molecule has 0 bridgehead atoms. The number of rotatable bonds is 3. The first-order valence-corrected chi connectivity index (χ1v) is 7.58. The van der Waals surface area contributed by atoms with Crippen molar-refractivity contribution in [2.45, 2.75) is 25.8 Å². The van der Waals surface area contributed by atoms with Crippen LogP contribution in [0.5, 0.6) is 0 Å². The predicted molar refractivity (Wildman–Crippen MR) is 79.6 cm³/mol. The van der Waals surface area contributed by atoms with Crippen LogP contribution in [0.1, 0.15) is 30.1 Å². The van der Waals surface area contributed by atoms with Crippen molar-refractivity contribution in [3.63, 3.8) is 0 Å². The molecule has 2 rings (SSSR count). The van der Waals surface area contributed by atoms with Crippen LogP contribution in [-0.2, 0) is 4.74 Å². The van der Waals surface area contributed by atoms with Gasteiger partial charge in [-0.05, 0) is 59.8 Å². The van der Waals surface area contributed by atoms with Crippen LogP contribution in [0.3, 0.4) is 0 Å². The van der Waals surface area contributed by atoms with Crippen molar-refractivity contribution in [3.05, 3.63) is 33.3 Å². The standard InChI is InChI=1S/C14H17BrClNO2/c1-9(10-4-6-19-7-5-10)17-14(18)11-2-3-13(16)12(15)8-11/h2-3,8-10H,4-7H2,1H3,(H,17,18). The Morgan fingerprint density at radius 3 is 2.79 bits per heavy atom. The van der Waals surface area contributed by atoms with E-state index in [0.29, 0.717) is 16.5 Å². The Morgan fingerprint density at radius 1 is 1.47 bits per heavy atom. The summed E-state index contributed by atoms with van der Waals surface area (Å²) in [5, 5.41) is 3.66. The number of ether oxygens (including phenoxy) is 1. The summed E-state index contributed by atoms with van der Waals surface area (Å²) in [5.74, 6) is 0.435. The fourth-order valence-corrected chi connectivity index (χ4v) is 2.76. The van der Waals surface area contributed by atoms with Gasteiger partial charge in [-0.2, -0.15) is 0 Å². The Kier molecular flexibility index (Phi) is 5.25.